The third-order valence-corrected chi connectivity index (χ3v) is 7.66. The van der Waals surface area contributed by atoms with E-state index in [0.717, 1.165) is 49.7 Å². The van der Waals surface area contributed by atoms with Gasteiger partial charge in [-0.05, 0) is 44.2 Å². The molecule has 2 aromatic rings. The van der Waals surface area contributed by atoms with E-state index < -0.39 is 0 Å². The molecular weight excluding hydrogens is 390 g/mol. The Morgan fingerprint density at radius 1 is 1.13 bits per heavy atom. The van der Waals surface area contributed by atoms with Crippen molar-refractivity contribution in [2.45, 2.75) is 63.6 Å². The van der Waals surface area contributed by atoms with Crippen molar-refractivity contribution < 1.29 is 9.21 Å². The summed E-state index contributed by atoms with van der Waals surface area (Å²) in [6, 6.07) is 5.10. The van der Waals surface area contributed by atoms with E-state index >= 15 is 0 Å². The van der Waals surface area contributed by atoms with Crippen LogP contribution in [0.4, 0.5) is 0 Å². The minimum atomic E-state index is -0.0139. The molecule has 1 amide bonds. The number of rotatable bonds is 5. The number of hydrogen-bond acceptors (Lipinski definition) is 5. The van der Waals surface area contributed by atoms with Crippen LogP contribution in [0.2, 0.25) is 0 Å². The topological polar surface area (TPSA) is 57.8 Å². The van der Waals surface area contributed by atoms with E-state index in [9.17, 15) is 4.79 Å². The van der Waals surface area contributed by atoms with Crippen molar-refractivity contribution in [3.63, 3.8) is 0 Å². The third kappa shape index (κ3) is 4.17. The van der Waals surface area contributed by atoms with Crippen molar-refractivity contribution in [3.8, 4) is 0 Å². The summed E-state index contributed by atoms with van der Waals surface area (Å²) in [6.07, 6.45) is 10.3. The Kier molecular flexibility index (Phi) is 5.89. The number of fused-ring (bicyclic) bond motifs is 1. The van der Waals surface area contributed by atoms with E-state index in [1.165, 1.54) is 44.5 Å². The van der Waals surface area contributed by atoms with Crippen LogP contribution < -0.4 is 0 Å². The predicted molar refractivity (Wildman–Crippen MR) is 119 cm³/mol. The Bertz CT molecular complexity index is 891. The Hall–Kier alpha value is -2.12. The van der Waals surface area contributed by atoms with E-state index in [1.54, 1.807) is 11.2 Å². The van der Waals surface area contributed by atoms with Crippen LogP contribution in [0.25, 0.3) is 0 Å². The van der Waals surface area contributed by atoms with Gasteiger partial charge in [-0.1, -0.05) is 12.8 Å². The van der Waals surface area contributed by atoms with Crippen molar-refractivity contribution in [1.82, 2.24) is 24.5 Å². The predicted octanol–water partition coefficient (Wildman–Crippen LogP) is 2.70. The molecule has 0 bridgehead atoms. The molecule has 0 radical (unpaired) electrons. The molecule has 3 heterocycles. The first-order valence-corrected chi connectivity index (χ1v) is 11.9. The van der Waals surface area contributed by atoms with Crippen LogP contribution in [0, 0.1) is 0 Å². The molecule has 1 unspecified atom stereocenters. The molecule has 1 atom stereocenters. The minimum Gasteiger partial charge on any atom is -0.467 e. The molecule has 5 rings (SSSR count). The zero-order valence-electron chi connectivity index (χ0n) is 18.9. The molecule has 1 saturated heterocycles. The SMILES string of the molecule is CN(Cc1ccco1)C(=O)c1nn(C)c2c1CC(N1CCN(C3CCCC3)CC1)CC2. The zero-order valence-corrected chi connectivity index (χ0v) is 18.9. The lowest BCUT2D eigenvalue weighted by molar-refractivity contribution is 0.0651. The number of furan rings is 1. The van der Waals surface area contributed by atoms with Crippen LogP contribution in [-0.2, 0) is 26.4 Å². The number of nitrogens with zero attached hydrogens (tertiary/aromatic N) is 5. The van der Waals surface area contributed by atoms with Gasteiger partial charge in [0, 0.05) is 63.6 Å². The van der Waals surface area contributed by atoms with Gasteiger partial charge in [0.2, 0.25) is 0 Å². The summed E-state index contributed by atoms with van der Waals surface area (Å²) in [5.74, 6) is 0.776. The fourth-order valence-electron chi connectivity index (χ4n) is 5.88. The maximum atomic E-state index is 13.2. The lowest BCUT2D eigenvalue weighted by atomic mass is 9.89. The first-order valence-electron chi connectivity index (χ1n) is 11.9. The van der Waals surface area contributed by atoms with Crippen molar-refractivity contribution >= 4 is 5.91 Å². The van der Waals surface area contributed by atoms with Gasteiger partial charge >= 0.3 is 0 Å². The normalized spacial score (nSPS) is 23.2. The van der Waals surface area contributed by atoms with Gasteiger partial charge in [-0.25, -0.2) is 0 Å². The Morgan fingerprint density at radius 3 is 2.52 bits per heavy atom. The molecule has 7 heteroatoms. The number of hydrogen-bond donors (Lipinski definition) is 0. The van der Waals surface area contributed by atoms with Crippen molar-refractivity contribution in [2.75, 3.05) is 33.2 Å². The summed E-state index contributed by atoms with van der Waals surface area (Å²) in [4.78, 5) is 20.3. The highest BCUT2D eigenvalue weighted by Crippen LogP contribution is 2.30. The summed E-state index contributed by atoms with van der Waals surface area (Å²) in [7, 11) is 3.80. The van der Waals surface area contributed by atoms with E-state index in [1.807, 2.05) is 30.9 Å². The second-order valence-electron chi connectivity index (χ2n) is 9.54. The average molecular weight is 426 g/mol. The summed E-state index contributed by atoms with van der Waals surface area (Å²) in [5.41, 5.74) is 3.02. The van der Waals surface area contributed by atoms with Crippen LogP contribution in [0.5, 0.6) is 0 Å². The van der Waals surface area contributed by atoms with Gasteiger partial charge in [0.05, 0.1) is 12.8 Å². The van der Waals surface area contributed by atoms with Gasteiger partial charge in [0.25, 0.3) is 5.91 Å². The lowest BCUT2D eigenvalue weighted by Crippen LogP contribution is -2.53. The van der Waals surface area contributed by atoms with E-state index in [-0.39, 0.29) is 5.91 Å². The number of aromatic nitrogens is 2. The molecule has 2 aliphatic carbocycles. The monoisotopic (exact) mass is 425 g/mol. The molecule has 7 nitrogen and oxygen atoms in total. The summed E-state index contributed by atoms with van der Waals surface area (Å²) < 4.78 is 7.35. The molecular formula is C24H35N5O2. The fourth-order valence-corrected chi connectivity index (χ4v) is 5.88. The standard InChI is InChI=1S/C24H35N5O2/c1-26(17-20-8-5-15-31-20)24(30)23-21-16-19(9-10-22(21)27(2)25-23)29-13-11-28(12-14-29)18-6-3-4-7-18/h5,8,15,18-19H,3-4,6-7,9-14,16-17H2,1-2H3. The van der Waals surface area contributed by atoms with Gasteiger partial charge in [0.15, 0.2) is 5.69 Å². The quantitative estimate of drug-likeness (QED) is 0.737. The number of piperazine rings is 1. The molecule has 1 aliphatic heterocycles. The fraction of sp³-hybridized carbons (Fsp3) is 0.667. The molecule has 168 valence electrons. The highest BCUT2D eigenvalue weighted by molar-refractivity contribution is 5.94. The molecule has 3 aliphatic rings. The second kappa shape index (κ2) is 8.79. The Balaban J connectivity index is 1.25. The highest BCUT2D eigenvalue weighted by atomic mass is 16.3. The summed E-state index contributed by atoms with van der Waals surface area (Å²) >= 11 is 0. The maximum absolute atomic E-state index is 13.2. The van der Waals surface area contributed by atoms with Crippen LogP contribution in [-0.4, -0.2) is 75.7 Å². The van der Waals surface area contributed by atoms with Gasteiger partial charge in [-0.2, -0.15) is 5.10 Å². The number of amides is 1. The van der Waals surface area contributed by atoms with Gasteiger partial charge in [0.1, 0.15) is 5.76 Å². The van der Waals surface area contributed by atoms with E-state index in [2.05, 4.69) is 14.9 Å². The van der Waals surface area contributed by atoms with Crippen LogP contribution in [0.3, 0.4) is 0 Å². The number of aryl methyl sites for hydroxylation is 1. The van der Waals surface area contributed by atoms with Crippen LogP contribution >= 0.6 is 0 Å². The van der Waals surface area contributed by atoms with Gasteiger partial charge in [-0.3, -0.25) is 19.3 Å². The Morgan fingerprint density at radius 2 is 1.84 bits per heavy atom. The first kappa shape index (κ1) is 20.8. The van der Waals surface area contributed by atoms with Gasteiger partial charge < -0.3 is 9.32 Å². The molecule has 2 aromatic heterocycles. The van der Waals surface area contributed by atoms with E-state index in [0.29, 0.717) is 18.3 Å². The first-order chi connectivity index (χ1) is 15.1. The van der Waals surface area contributed by atoms with Gasteiger partial charge in [-0.15, -0.1) is 0 Å². The summed E-state index contributed by atoms with van der Waals surface area (Å²) in [5, 5.41) is 4.65. The molecule has 1 saturated carbocycles. The second-order valence-corrected chi connectivity index (χ2v) is 9.54. The van der Waals surface area contributed by atoms with E-state index in [4.69, 9.17) is 4.42 Å². The lowest BCUT2D eigenvalue weighted by Gasteiger charge is -2.42. The van der Waals surface area contributed by atoms with Crippen molar-refractivity contribution in [1.29, 1.82) is 0 Å². The summed E-state index contributed by atoms with van der Waals surface area (Å²) in [6.45, 7) is 5.15. The number of carbonyl (C=O) groups is 1. The molecule has 0 N–H and O–H groups in total. The Labute approximate surface area is 185 Å². The van der Waals surface area contributed by atoms with Crippen LogP contribution in [0.15, 0.2) is 22.8 Å². The molecule has 0 aromatic carbocycles. The largest absolute Gasteiger partial charge is 0.467 e. The highest BCUT2D eigenvalue weighted by Gasteiger charge is 2.34. The minimum absolute atomic E-state index is 0.0139. The average Bonchev–Trinajstić information content (AvgIpc) is 3.55. The smallest absolute Gasteiger partial charge is 0.274 e. The molecule has 31 heavy (non-hydrogen) atoms. The zero-order chi connectivity index (χ0) is 21.4. The van der Waals surface area contributed by atoms with Crippen molar-refractivity contribution in [2.24, 2.45) is 7.05 Å². The maximum Gasteiger partial charge on any atom is 0.274 e. The van der Waals surface area contributed by atoms with Crippen LogP contribution in [0.1, 0.15) is 59.6 Å². The number of carbonyl (C=O) groups excluding carboxylic acids is 1. The van der Waals surface area contributed by atoms with Crippen molar-refractivity contribution in [3.05, 3.63) is 41.1 Å². The molecule has 0 spiro atoms. The molecule has 2 fully saturated rings. The third-order valence-electron chi connectivity index (χ3n) is 7.66.